The molecule has 0 aliphatic carbocycles. The van der Waals surface area contributed by atoms with E-state index >= 15 is 0 Å². The molecule has 3 rings (SSSR count). The van der Waals surface area contributed by atoms with Crippen LogP contribution in [-0.2, 0) is 4.79 Å². The molecular formula is C24H24N2O3. The van der Waals surface area contributed by atoms with Gasteiger partial charge in [0.15, 0.2) is 11.8 Å². The lowest BCUT2D eigenvalue weighted by Gasteiger charge is -2.18. The number of hydrogen-bond donors (Lipinski definition) is 2. The molecule has 0 spiro atoms. The Morgan fingerprint density at radius 2 is 1.55 bits per heavy atom. The molecule has 29 heavy (non-hydrogen) atoms. The second kappa shape index (κ2) is 9.64. The Kier molecular flexibility index (Phi) is 6.74. The number of amides is 2. The number of hydrogen-bond acceptors (Lipinski definition) is 3. The summed E-state index contributed by atoms with van der Waals surface area (Å²) in [5, 5.41) is 7.09. The van der Waals surface area contributed by atoms with Gasteiger partial charge in [0.1, 0.15) is 0 Å². The monoisotopic (exact) mass is 388 g/mol. The number of fused-ring (bicyclic) bond motifs is 1. The maximum atomic E-state index is 13.0. The van der Waals surface area contributed by atoms with Gasteiger partial charge in [0, 0.05) is 17.7 Å². The molecule has 2 N–H and O–H groups in total. The molecule has 0 radical (unpaired) electrons. The first-order chi connectivity index (χ1) is 14.1. The lowest BCUT2D eigenvalue weighted by molar-refractivity contribution is -0.121. The molecule has 1 atom stereocenters. The Bertz CT molecular complexity index is 1010. The molecule has 1 unspecified atom stereocenters. The van der Waals surface area contributed by atoms with Crippen molar-refractivity contribution in [3.05, 3.63) is 83.9 Å². The van der Waals surface area contributed by atoms with E-state index in [1.165, 1.54) is 0 Å². The van der Waals surface area contributed by atoms with Crippen LogP contribution in [0.4, 0.5) is 0 Å². The second-order valence-electron chi connectivity index (χ2n) is 6.81. The van der Waals surface area contributed by atoms with Crippen LogP contribution in [0.15, 0.2) is 72.8 Å². The largest absolute Gasteiger partial charge is 0.354 e. The topological polar surface area (TPSA) is 75.3 Å². The van der Waals surface area contributed by atoms with Gasteiger partial charge >= 0.3 is 0 Å². The van der Waals surface area contributed by atoms with Gasteiger partial charge in [-0.2, -0.15) is 0 Å². The fourth-order valence-electron chi connectivity index (χ4n) is 3.14. The Hall–Kier alpha value is -3.47. The van der Waals surface area contributed by atoms with Crippen LogP contribution >= 0.6 is 0 Å². The molecule has 0 aliphatic rings. The quantitative estimate of drug-likeness (QED) is 0.351. The summed E-state index contributed by atoms with van der Waals surface area (Å²) >= 11 is 0. The summed E-state index contributed by atoms with van der Waals surface area (Å²) in [5.74, 6) is -1.39. The first-order valence-corrected chi connectivity index (χ1v) is 9.77. The van der Waals surface area contributed by atoms with Crippen LogP contribution < -0.4 is 10.6 Å². The smallest absolute Gasteiger partial charge is 0.252 e. The van der Waals surface area contributed by atoms with E-state index in [0.717, 1.165) is 23.6 Å². The zero-order valence-electron chi connectivity index (χ0n) is 16.4. The molecule has 0 saturated carbocycles. The van der Waals surface area contributed by atoms with E-state index in [1.54, 1.807) is 42.5 Å². The highest BCUT2D eigenvalue weighted by molar-refractivity contribution is 6.17. The minimum atomic E-state index is -1.29. The van der Waals surface area contributed by atoms with E-state index in [0.29, 0.717) is 17.7 Å². The van der Waals surface area contributed by atoms with Gasteiger partial charge in [-0.3, -0.25) is 14.4 Å². The van der Waals surface area contributed by atoms with E-state index in [9.17, 15) is 14.4 Å². The van der Waals surface area contributed by atoms with Crippen LogP contribution in [-0.4, -0.2) is 30.2 Å². The maximum Gasteiger partial charge on any atom is 0.252 e. The standard InChI is InChI=1S/C24H24N2O3/c1-2-3-16-25-24(29)21(22(27)18-11-5-4-6-12-18)26-23(28)20-15-9-13-17-10-7-8-14-19(17)20/h4-15,21H,2-3,16H2,1H3,(H,25,29)(H,26,28). The zero-order valence-corrected chi connectivity index (χ0v) is 16.4. The van der Waals surface area contributed by atoms with Crippen molar-refractivity contribution in [1.82, 2.24) is 10.6 Å². The van der Waals surface area contributed by atoms with E-state index in [2.05, 4.69) is 10.6 Å². The first-order valence-electron chi connectivity index (χ1n) is 9.77. The van der Waals surface area contributed by atoms with Gasteiger partial charge in [0.2, 0.25) is 0 Å². The lowest BCUT2D eigenvalue weighted by atomic mass is 10.0. The molecule has 0 fully saturated rings. The van der Waals surface area contributed by atoms with Gasteiger partial charge in [-0.15, -0.1) is 0 Å². The van der Waals surface area contributed by atoms with Gasteiger partial charge in [0.25, 0.3) is 11.8 Å². The third-order valence-corrected chi connectivity index (χ3v) is 4.72. The SMILES string of the molecule is CCCCNC(=O)C(NC(=O)c1cccc2ccccc12)C(=O)c1ccccc1. The van der Waals surface area contributed by atoms with Crippen LogP contribution in [0.5, 0.6) is 0 Å². The molecule has 0 aliphatic heterocycles. The molecule has 5 heteroatoms. The van der Waals surface area contributed by atoms with Crippen molar-refractivity contribution in [1.29, 1.82) is 0 Å². The summed E-state index contributed by atoms with van der Waals surface area (Å²) in [6.45, 7) is 2.47. The summed E-state index contributed by atoms with van der Waals surface area (Å²) in [4.78, 5) is 38.7. The highest BCUT2D eigenvalue weighted by Gasteiger charge is 2.29. The van der Waals surface area contributed by atoms with Gasteiger partial charge < -0.3 is 10.6 Å². The number of Topliss-reactive ketones (excluding diaryl/α,β-unsaturated/α-hetero) is 1. The average Bonchev–Trinajstić information content (AvgIpc) is 2.77. The molecule has 148 valence electrons. The predicted molar refractivity (Wildman–Crippen MR) is 114 cm³/mol. The summed E-state index contributed by atoms with van der Waals surface area (Å²) < 4.78 is 0. The maximum absolute atomic E-state index is 13.0. The number of nitrogens with one attached hydrogen (secondary N) is 2. The molecule has 0 saturated heterocycles. The molecule has 3 aromatic carbocycles. The summed E-state index contributed by atoms with van der Waals surface area (Å²) in [7, 11) is 0. The zero-order chi connectivity index (χ0) is 20.6. The minimum absolute atomic E-state index is 0.376. The van der Waals surface area contributed by atoms with Crippen molar-refractivity contribution in [3.8, 4) is 0 Å². The van der Waals surface area contributed by atoms with E-state index in [1.807, 2.05) is 37.3 Å². The molecule has 5 nitrogen and oxygen atoms in total. The number of carbonyl (C=O) groups excluding carboxylic acids is 3. The number of rotatable bonds is 8. The van der Waals surface area contributed by atoms with Crippen LogP contribution in [0.1, 0.15) is 40.5 Å². The fourth-order valence-corrected chi connectivity index (χ4v) is 3.14. The Morgan fingerprint density at radius 3 is 2.31 bits per heavy atom. The van der Waals surface area contributed by atoms with Crippen LogP contribution in [0, 0.1) is 0 Å². The van der Waals surface area contributed by atoms with Crippen molar-refractivity contribution < 1.29 is 14.4 Å². The predicted octanol–water partition coefficient (Wildman–Crippen LogP) is 3.74. The third-order valence-electron chi connectivity index (χ3n) is 4.72. The normalized spacial score (nSPS) is 11.6. The third kappa shape index (κ3) is 4.88. The minimum Gasteiger partial charge on any atom is -0.354 e. The lowest BCUT2D eigenvalue weighted by Crippen LogP contribution is -2.51. The molecular weight excluding hydrogens is 364 g/mol. The van der Waals surface area contributed by atoms with Crippen molar-refractivity contribution in [2.75, 3.05) is 6.54 Å². The number of carbonyl (C=O) groups is 3. The van der Waals surface area contributed by atoms with E-state index in [4.69, 9.17) is 0 Å². The van der Waals surface area contributed by atoms with E-state index in [-0.39, 0.29) is 0 Å². The van der Waals surface area contributed by atoms with Crippen LogP contribution in [0.25, 0.3) is 10.8 Å². The molecule has 0 bridgehead atoms. The summed E-state index contributed by atoms with van der Waals surface area (Å²) in [5.41, 5.74) is 0.802. The highest BCUT2D eigenvalue weighted by atomic mass is 16.2. The average molecular weight is 388 g/mol. The summed E-state index contributed by atoms with van der Waals surface area (Å²) in [6, 6.07) is 20.1. The van der Waals surface area contributed by atoms with Gasteiger partial charge in [-0.05, 0) is 23.3 Å². The van der Waals surface area contributed by atoms with E-state index < -0.39 is 23.6 Å². The van der Waals surface area contributed by atoms with Gasteiger partial charge in [-0.1, -0.05) is 80.1 Å². The molecule has 2 amide bonds. The summed E-state index contributed by atoms with van der Waals surface area (Å²) in [6.07, 6.45) is 1.72. The highest BCUT2D eigenvalue weighted by Crippen LogP contribution is 2.18. The molecule has 0 heterocycles. The number of benzene rings is 3. The van der Waals surface area contributed by atoms with Crippen molar-refractivity contribution in [3.63, 3.8) is 0 Å². The van der Waals surface area contributed by atoms with Crippen molar-refractivity contribution >= 4 is 28.4 Å². The second-order valence-corrected chi connectivity index (χ2v) is 6.81. The van der Waals surface area contributed by atoms with Gasteiger partial charge in [0.05, 0.1) is 0 Å². The van der Waals surface area contributed by atoms with Crippen molar-refractivity contribution in [2.24, 2.45) is 0 Å². The number of unbranched alkanes of at least 4 members (excludes halogenated alkanes) is 1. The Balaban J connectivity index is 1.88. The first kappa shape index (κ1) is 20.3. The molecule has 0 aromatic heterocycles. The fraction of sp³-hybridized carbons (Fsp3) is 0.208. The van der Waals surface area contributed by atoms with Crippen molar-refractivity contribution in [2.45, 2.75) is 25.8 Å². The molecule has 3 aromatic rings. The van der Waals surface area contributed by atoms with Crippen LogP contribution in [0.3, 0.4) is 0 Å². The Labute approximate surface area is 170 Å². The number of ketones is 1. The van der Waals surface area contributed by atoms with Gasteiger partial charge in [-0.25, -0.2) is 0 Å². The van der Waals surface area contributed by atoms with Crippen LogP contribution in [0.2, 0.25) is 0 Å². The Morgan fingerprint density at radius 1 is 0.862 bits per heavy atom.